The molecule has 0 bridgehead atoms. The van der Waals surface area contributed by atoms with E-state index in [2.05, 4.69) is 9.80 Å². The third-order valence-corrected chi connectivity index (χ3v) is 4.70. The topological polar surface area (TPSA) is 136 Å². The van der Waals surface area contributed by atoms with Gasteiger partial charge in [0.05, 0.1) is 5.75 Å². The lowest BCUT2D eigenvalue weighted by Gasteiger charge is -2.27. The molecule has 0 saturated carbocycles. The Labute approximate surface area is 155 Å². The zero-order chi connectivity index (χ0) is 20.8. The molecule has 10 nitrogen and oxygen atoms in total. The molecule has 0 aromatic rings. The number of sulfone groups is 1. The van der Waals surface area contributed by atoms with Gasteiger partial charge in [-0.1, -0.05) is 0 Å². The molecule has 1 unspecified atom stereocenters. The predicted molar refractivity (Wildman–Crippen MR) is 97.9 cm³/mol. The van der Waals surface area contributed by atoms with E-state index in [4.69, 9.17) is 19.8 Å². The number of hydrogen-bond donors (Lipinski definition) is 2. The highest BCUT2D eigenvalue weighted by atomic mass is 32.2. The second-order valence-electron chi connectivity index (χ2n) is 6.12. The zero-order valence-electron chi connectivity index (χ0n) is 15.9. The number of likely N-dealkylation sites (N-methyl/N-ethyl adjacent to an activating group) is 1. The average molecular weight is 397 g/mol. The van der Waals surface area contributed by atoms with E-state index >= 15 is 0 Å². The number of rotatable bonds is 6. The van der Waals surface area contributed by atoms with Crippen LogP contribution < -0.4 is 0 Å². The van der Waals surface area contributed by atoms with Gasteiger partial charge in [0.2, 0.25) is 5.91 Å². The molecule has 0 spiro atoms. The lowest BCUT2D eigenvalue weighted by Crippen LogP contribution is -2.41. The molecule has 0 aromatic carbocycles. The minimum absolute atomic E-state index is 0.0356. The van der Waals surface area contributed by atoms with Gasteiger partial charge in [-0.3, -0.25) is 19.3 Å². The molecule has 1 heterocycles. The molecule has 1 aliphatic rings. The van der Waals surface area contributed by atoms with Gasteiger partial charge in [-0.2, -0.15) is 0 Å². The van der Waals surface area contributed by atoms with Crippen molar-refractivity contribution in [3.8, 4) is 0 Å². The van der Waals surface area contributed by atoms with Crippen LogP contribution in [-0.4, -0.2) is 117 Å². The van der Waals surface area contributed by atoms with Gasteiger partial charge >= 0.3 is 0 Å². The SMILES string of the molecule is CC(CS(C)(=O)=O)N1CCC(=O)N(CCN(C)C)CC1.O=CO.O=CO. The van der Waals surface area contributed by atoms with Crippen molar-refractivity contribution >= 4 is 28.7 Å². The Bertz CT molecular complexity index is 505. The van der Waals surface area contributed by atoms with E-state index in [1.165, 1.54) is 6.26 Å². The molecule has 11 heteroatoms. The fraction of sp³-hybridized carbons (Fsp3) is 0.800. The summed E-state index contributed by atoms with van der Waals surface area (Å²) in [5, 5.41) is 13.8. The summed E-state index contributed by atoms with van der Waals surface area (Å²) in [6.45, 7) is 5.08. The number of nitrogens with zero attached hydrogens (tertiary/aromatic N) is 3. The Morgan fingerprint density at radius 3 is 2.08 bits per heavy atom. The molecule has 26 heavy (non-hydrogen) atoms. The summed E-state index contributed by atoms with van der Waals surface area (Å²) < 4.78 is 22.7. The Kier molecular flexibility index (Phi) is 14.7. The van der Waals surface area contributed by atoms with Crippen molar-refractivity contribution in [1.82, 2.24) is 14.7 Å². The lowest BCUT2D eigenvalue weighted by molar-refractivity contribution is -0.130. The van der Waals surface area contributed by atoms with Crippen LogP contribution in [0.4, 0.5) is 0 Å². The van der Waals surface area contributed by atoms with Gasteiger partial charge in [0, 0.05) is 51.4 Å². The van der Waals surface area contributed by atoms with E-state index in [1.807, 2.05) is 25.9 Å². The smallest absolute Gasteiger partial charge is 0.290 e. The van der Waals surface area contributed by atoms with Gasteiger partial charge in [-0.05, 0) is 21.0 Å². The number of carbonyl (C=O) groups excluding carboxylic acids is 1. The monoisotopic (exact) mass is 397 g/mol. The minimum Gasteiger partial charge on any atom is -0.483 e. The molecule has 1 rings (SSSR count). The van der Waals surface area contributed by atoms with Crippen LogP contribution in [0.25, 0.3) is 0 Å². The quantitative estimate of drug-likeness (QED) is 0.536. The second kappa shape index (κ2) is 14.4. The summed E-state index contributed by atoms with van der Waals surface area (Å²) in [6, 6.07) is -0.0356. The van der Waals surface area contributed by atoms with E-state index in [1.54, 1.807) is 0 Å². The summed E-state index contributed by atoms with van der Waals surface area (Å²) in [7, 11) is 0.998. The van der Waals surface area contributed by atoms with Crippen molar-refractivity contribution in [2.24, 2.45) is 0 Å². The van der Waals surface area contributed by atoms with Crippen LogP contribution >= 0.6 is 0 Å². The Hall–Kier alpha value is -1.72. The van der Waals surface area contributed by atoms with Gasteiger partial charge in [0.25, 0.3) is 12.9 Å². The molecular formula is C15H31N3O7S. The summed E-state index contributed by atoms with van der Waals surface area (Å²) in [5.74, 6) is 0.319. The van der Waals surface area contributed by atoms with E-state index < -0.39 is 9.84 Å². The second-order valence-corrected chi connectivity index (χ2v) is 8.31. The minimum atomic E-state index is -2.98. The molecule has 1 atom stereocenters. The molecule has 2 N–H and O–H groups in total. The van der Waals surface area contributed by atoms with E-state index in [0.29, 0.717) is 19.5 Å². The summed E-state index contributed by atoms with van der Waals surface area (Å²) >= 11 is 0. The van der Waals surface area contributed by atoms with Crippen LogP contribution in [0.3, 0.4) is 0 Å². The highest BCUT2D eigenvalue weighted by Crippen LogP contribution is 2.09. The molecule has 154 valence electrons. The maximum absolute atomic E-state index is 12.0. The van der Waals surface area contributed by atoms with Crippen molar-refractivity contribution in [3.63, 3.8) is 0 Å². The molecule has 1 saturated heterocycles. The number of amides is 1. The number of carbonyl (C=O) groups is 3. The average Bonchev–Trinajstić information content (AvgIpc) is 2.67. The van der Waals surface area contributed by atoms with Gasteiger partial charge in [0.15, 0.2) is 0 Å². The highest BCUT2D eigenvalue weighted by Gasteiger charge is 2.25. The normalized spacial score (nSPS) is 16.5. The fourth-order valence-electron chi connectivity index (χ4n) is 2.42. The van der Waals surface area contributed by atoms with E-state index in [9.17, 15) is 13.2 Å². The van der Waals surface area contributed by atoms with Crippen LogP contribution in [0.1, 0.15) is 13.3 Å². The van der Waals surface area contributed by atoms with Crippen LogP contribution in [0.2, 0.25) is 0 Å². The van der Waals surface area contributed by atoms with Gasteiger partial charge in [0.1, 0.15) is 9.84 Å². The van der Waals surface area contributed by atoms with Crippen LogP contribution in [0, 0.1) is 0 Å². The highest BCUT2D eigenvalue weighted by molar-refractivity contribution is 7.90. The Balaban J connectivity index is 0. The lowest BCUT2D eigenvalue weighted by atomic mass is 10.3. The molecule has 0 aliphatic carbocycles. The predicted octanol–water partition coefficient (Wildman–Crippen LogP) is -1.08. The van der Waals surface area contributed by atoms with Crippen molar-refractivity contribution in [2.75, 3.05) is 58.8 Å². The third kappa shape index (κ3) is 14.6. The summed E-state index contributed by atoms with van der Waals surface area (Å²) in [5.41, 5.74) is 0. The van der Waals surface area contributed by atoms with Crippen LogP contribution in [0.5, 0.6) is 0 Å². The number of carboxylic acid groups (broad SMARTS) is 2. The first kappa shape index (κ1) is 26.5. The molecular weight excluding hydrogens is 366 g/mol. The van der Waals surface area contributed by atoms with Crippen LogP contribution in [0.15, 0.2) is 0 Å². The maximum atomic E-state index is 12.0. The fourth-order valence-corrected chi connectivity index (χ4v) is 3.51. The van der Waals surface area contributed by atoms with Gasteiger partial charge < -0.3 is 20.0 Å². The van der Waals surface area contributed by atoms with E-state index in [0.717, 1.165) is 19.6 Å². The first-order valence-electron chi connectivity index (χ1n) is 8.02. The first-order valence-corrected chi connectivity index (χ1v) is 10.1. The first-order chi connectivity index (χ1) is 12.0. The molecule has 1 amide bonds. The molecule has 1 aliphatic heterocycles. The van der Waals surface area contributed by atoms with Gasteiger partial charge in [-0.15, -0.1) is 0 Å². The maximum Gasteiger partial charge on any atom is 0.290 e. The Morgan fingerprint density at radius 2 is 1.65 bits per heavy atom. The summed E-state index contributed by atoms with van der Waals surface area (Å²) in [6.07, 6.45) is 1.73. The van der Waals surface area contributed by atoms with Crippen LogP contribution in [-0.2, 0) is 24.2 Å². The third-order valence-electron chi connectivity index (χ3n) is 3.61. The van der Waals surface area contributed by atoms with Crippen molar-refractivity contribution < 1.29 is 33.0 Å². The molecule has 1 fully saturated rings. The largest absolute Gasteiger partial charge is 0.483 e. The van der Waals surface area contributed by atoms with Gasteiger partial charge in [-0.25, -0.2) is 8.42 Å². The molecule has 0 aromatic heterocycles. The van der Waals surface area contributed by atoms with Crippen molar-refractivity contribution in [3.05, 3.63) is 0 Å². The number of hydrogen-bond acceptors (Lipinski definition) is 7. The molecule has 0 radical (unpaired) electrons. The Morgan fingerprint density at radius 1 is 1.15 bits per heavy atom. The van der Waals surface area contributed by atoms with Crippen molar-refractivity contribution in [1.29, 1.82) is 0 Å². The van der Waals surface area contributed by atoms with Crippen molar-refractivity contribution in [2.45, 2.75) is 19.4 Å². The van der Waals surface area contributed by atoms with E-state index in [-0.39, 0.29) is 30.6 Å². The standard InChI is InChI=1S/C13H27N3O3S.2CH2O2/c1-12(11-20(4,18)19)15-6-5-13(17)16(10-9-15)8-7-14(2)3;2*2-1-3/h12H,5-11H2,1-4H3;2*1H,(H,2,3). The zero-order valence-corrected chi connectivity index (χ0v) is 16.7. The summed E-state index contributed by atoms with van der Waals surface area (Å²) in [4.78, 5) is 34.8.